The molecule has 3 aromatic heterocycles. The van der Waals surface area contributed by atoms with Crippen molar-refractivity contribution in [2.45, 2.75) is 13.0 Å². The van der Waals surface area contributed by atoms with Crippen LogP contribution in [-0.2, 0) is 13.0 Å². The van der Waals surface area contributed by atoms with Gasteiger partial charge >= 0.3 is 0 Å². The molecule has 2 N–H and O–H groups in total. The summed E-state index contributed by atoms with van der Waals surface area (Å²) in [5.74, 6) is -0.505. The minimum Gasteiger partial charge on any atom is -0.350 e. The van der Waals surface area contributed by atoms with Gasteiger partial charge in [-0.05, 0) is 12.1 Å². The maximum atomic E-state index is 13.6. The van der Waals surface area contributed by atoms with E-state index in [2.05, 4.69) is 35.0 Å². The maximum absolute atomic E-state index is 13.6. The van der Waals surface area contributed by atoms with Crippen molar-refractivity contribution >= 4 is 17.0 Å². The maximum Gasteiger partial charge on any atom is 0.182 e. The third-order valence-electron chi connectivity index (χ3n) is 4.57. The molecule has 26 heavy (non-hydrogen) atoms. The lowest BCUT2D eigenvalue weighted by atomic mass is 10.0. The highest BCUT2D eigenvalue weighted by Gasteiger charge is 2.25. The molecular formula is C17H13F2N7. The predicted molar refractivity (Wildman–Crippen MR) is 90.4 cm³/mol. The predicted octanol–water partition coefficient (Wildman–Crippen LogP) is 2.58. The molecule has 0 aliphatic carbocycles. The van der Waals surface area contributed by atoms with E-state index in [0.717, 1.165) is 41.6 Å². The summed E-state index contributed by atoms with van der Waals surface area (Å²) in [5.41, 5.74) is 4.20. The number of imidazole rings is 1. The highest BCUT2D eigenvalue weighted by molar-refractivity contribution is 5.83. The van der Waals surface area contributed by atoms with Crippen molar-refractivity contribution in [2.24, 2.45) is 0 Å². The lowest BCUT2D eigenvalue weighted by Gasteiger charge is -2.28. The van der Waals surface area contributed by atoms with E-state index in [4.69, 9.17) is 0 Å². The van der Waals surface area contributed by atoms with Crippen LogP contribution in [0, 0.1) is 11.6 Å². The number of nitrogens with zero attached hydrogens (tertiary/aromatic N) is 5. The van der Waals surface area contributed by atoms with E-state index < -0.39 is 11.6 Å². The number of aromatic nitrogens is 6. The summed E-state index contributed by atoms with van der Waals surface area (Å²) >= 11 is 0. The number of hydrogen-bond acceptors (Lipinski definition) is 5. The quantitative estimate of drug-likeness (QED) is 0.578. The summed E-state index contributed by atoms with van der Waals surface area (Å²) in [7, 11) is 0. The number of aromatic amines is 2. The molecule has 0 spiro atoms. The van der Waals surface area contributed by atoms with Crippen molar-refractivity contribution in [3.05, 3.63) is 53.7 Å². The zero-order valence-corrected chi connectivity index (χ0v) is 13.5. The van der Waals surface area contributed by atoms with E-state index in [1.165, 1.54) is 18.5 Å². The Kier molecular flexibility index (Phi) is 3.21. The number of H-pyrrole nitrogens is 2. The molecule has 4 aromatic rings. The molecule has 0 amide bonds. The first-order valence-corrected chi connectivity index (χ1v) is 8.10. The Hall–Kier alpha value is -3.36. The first kappa shape index (κ1) is 14.9. The smallest absolute Gasteiger partial charge is 0.182 e. The fraction of sp³-hybridized carbons (Fsp3) is 0.176. The number of anilines is 1. The largest absolute Gasteiger partial charge is 0.350 e. The molecule has 0 saturated heterocycles. The van der Waals surface area contributed by atoms with E-state index in [0.29, 0.717) is 23.4 Å². The van der Waals surface area contributed by atoms with Crippen molar-refractivity contribution in [1.29, 1.82) is 0 Å². The Bertz CT molecular complexity index is 1100. The molecule has 4 heterocycles. The van der Waals surface area contributed by atoms with Crippen LogP contribution in [0.15, 0.2) is 30.9 Å². The average Bonchev–Trinajstić information content (AvgIpc) is 3.26. The van der Waals surface area contributed by atoms with Crippen LogP contribution in [-0.4, -0.2) is 36.7 Å². The van der Waals surface area contributed by atoms with E-state index >= 15 is 0 Å². The van der Waals surface area contributed by atoms with Crippen LogP contribution < -0.4 is 4.90 Å². The van der Waals surface area contributed by atoms with Crippen molar-refractivity contribution in [2.75, 3.05) is 11.4 Å². The lowest BCUT2D eigenvalue weighted by molar-refractivity contribution is 0.584. The molecule has 0 atom stereocenters. The highest BCUT2D eigenvalue weighted by atomic mass is 19.1. The molecule has 1 aromatic carbocycles. The molecule has 130 valence electrons. The number of rotatable bonds is 2. The Balaban J connectivity index is 1.57. The highest BCUT2D eigenvalue weighted by Crippen LogP contribution is 2.32. The fourth-order valence-electron chi connectivity index (χ4n) is 3.40. The van der Waals surface area contributed by atoms with Crippen molar-refractivity contribution in [3.63, 3.8) is 0 Å². The second kappa shape index (κ2) is 5.58. The number of hydrogen-bond donors (Lipinski definition) is 2. The van der Waals surface area contributed by atoms with Gasteiger partial charge in [-0.15, -0.1) is 0 Å². The van der Waals surface area contributed by atoms with E-state index in [1.807, 2.05) is 0 Å². The van der Waals surface area contributed by atoms with Gasteiger partial charge in [-0.25, -0.2) is 23.7 Å². The van der Waals surface area contributed by atoms with Gasteiger partial charge in [0.2, 0.25) is 0 Å². The Labute approximate surface area is 146 Å². The monoisotopic (exact) mass is 353 g/mol. The van der Waals surface area contributed by atoms with Gasteiger partial charge in [0.1, 0.15) is 23.5 Å². The summed E-state index contributed by atoms with van der Waals surface area (Å²) in [4.78, 5) is 17.8. The van der Waals surface area contributed by atoms with Crippen molar-refractivity contribution in [1.82, 2.24) is 30.1 Å². The van der Waals surface area contributed by atoms with E-state index in [-0.39, 0.29) is 0 Å². The third kappa shape index (κ3) is 2.32. The first-order valence-electron chi connectivity index (χ1n) is 8.10. The van der Waals surface area contributed by atoms with Crippen LogP contribution in [0.5, 0.6) is 0 Å². The summed E-state index contributed by atoms with van der Waals surface area (Å²) in [6, 6.07) is 3.43. The lowest BCUT2D eigenvalue weighted by Crippen LogP contribution is -2.31. The Morgan fingerprint density at radius 2 is 1.88 bits per heavy atom. The number of nitrogens with one attached hydrogen (secondary N) is 2. The molecule has 1 aliphatic rings. The fourth-order valence-corrected chi connectivity index (χ4v) is 3.40. The van der Waals surface area contributed by atoms with Crippen LogP contribution in [0.4, 0.5) is 14.6 Å². The van der Waals surface area contributed by atoms with Gasteiger partial charge in [0.25, 0.3) is 0 Å². The molecule has 9 heteroatoms. The van der Waals surface area contributed by atoms with Gasteiger partial charge in [0.05, 0.1) is 12.0 Å². The average molecular weight is 353 g/mol. The van der Waals surface area contributed by atoms with Gasteiger partial charge in [-0.3, -0.25) is 5.10 Å². The number of fused-ring (bicyclic) bond motifs is 2. The molecule has 0 fully saturated rings. The molecule has 0 unspecified atom stereocenters. The number of benzene rings is 1. The molecule has 0 saturated carbocycles. The van der Waals surface area contributed by atoms with E-state index in [9.17, 15) is 8.78 Å². The molecular weight excluding hydrogens is 340 g/mol. The molecule has 1 aliphatic heterocycles. The second-order valence-electron chi connectivity index (χ2n) is 6.16. The molecule has 0 bridgehead atoms. The summed E-state index contributed by atoms with van der Waals surface area (Å²) in [6.07, 6.45) is 3.78. The zero-order chi connectivity index (χ0) is 17.7. The van der Waals surface area contributed by atoms with Crippen LogP contribution >= 0.6 is 0 Å². The van der Waals surface area contributed by atoms with Crippen molar-refractivity contribution in [3.8, 4) is 11.3 Å². The van der Waals surface area contributed by atoms with Gasteiger partial charge < -0.3 is 9.88 Å². The van der Waals surface area contributed by atoms with E-state index in [1.54, 1.807) is 6.33 Å². The summed E-state index contributed by atoms with van der Waals surface area (Å²) < 4.78 is 27.2. The minimum atomic E-state index is -0.626. The van der Waals surface area contributed by atoms with Crippen LogP contribution in [0.1, 0.15) is 11.3 Å². The second-order valence-corrected chi connectivity index (χ2v) is 6.16. The van der Waals surface area contributed by atoms with Crippen LogP contribution in [0.2, 0.25) is 0 Å². The Morgan fingerprint density at radius 1 is 1.04 bits per heavy atom. The van der Waals surface area contributed by atoms with Crippen molar-refractivity contribution < 1.29 is 8.78 Å². The third-order valence-corrected chi connectivity index (χ3v) is 4.57. The molecule has 0 radical (unpaired) electrons. The molecule has 7 nitrogen and oxygen atoms in total. The van der Waals surface area contributed by atoms with Gasteiger partial charge in [-0.2, -0.15) is 5.10 Å². The van der Waals surface area contributed by atoms with Gasteiger partial charge in [0.15, 0.2) is 11.5 Å². The Morgan fingerprint density at radius 3 is 2.73 bits per heavy atom. The topological polar surface area (TPSA) is 86.4 Å². The minimum absolute atomic E-state index is 0.413. The number of halogens is 2. The van der Waals surface area contributed by atoms with Crippen LogP contribution in [0.25, 0.3) is 22.4 Å². The summed E-state index contributed by atoms with van der Waals surface area (Å²) in [6.45, 7) is 1.25. The zero-order valence-electron chi connectivity index (χ0n) is 13.5. The molecule has 5 rings (SSSR count). The van der Waals surface area contributed by atoms with Gasteiger partial charge in [0, 0.05) is 42.4 Å². The standard InChI is InChI=1S/C17H13F2N7/c18-10-3-9(4-11(19)5-10)14-12-6-26(2-1-13(12)24-25-14)17-15-16(21-7-20-15)22-8-23-17/h3-5,7-8H,1-2,6H2,(H,24,25)(H,20,21,22,23). The SMILES string of the molecule is Fc1cc(F)cc(-c2n[nH]c3c2CN(c2ncnc4nc[nH]c24)CC3)c1. The normalized spacial score (nSPS) is 14.0. The first-order chi connectivity index (χ1) is 12.7. The van der Waals surface area contributed by atoms with Crippen LogP contribution in [0.3, 0.4) is 0 Å². The van der Waals surface area contributed by atoms with Gasteiger partial charge in [-0.1, -0.05) is 0 Å². The summed E-state index contributed by atoms with van der Waals surface area (Å²) in [5, 5.41) is 7.29.